The molecule has 2 rings (SSSR count). The molecule has 0 amide bonds. The highest BCUT2D eigenvalue weighted by molar-refractivity contribution is 8.02. The van der Waals surface area contributed by atoms with Gasteiger partial charge in [-0.1, -0.05) is 44.4 Å². The number of nitrogens with one attached hydrogen (secondary N) is 1. The molecule has 0 aromatic heterocycles. The maximum absolute atomic E-state index is 13.0. The molecule has 1 N–H and O–H groups in total. The Bertz CT molecular complexity index is 632. The first-order valence-electron chi connectivity index (χ1n) is 8.81. The van der Waals surface area contributed by atoms with Crippen LogP contribution in [0.5, 0.6) is 0 Å². The quantitative estimate of drug-likeness (QED) is 0.421. The third-order valence-electron chi connectivity index (χ3n) is 4.70. The molecule has 4 nitrogen and oxygen atoms in total. The van der Waals surface area contributed by atoms with Crippen molar-refractivity contribution in [1.29, 1.82) is 0 Å². The minimum atomic E-state index is -1.67. The first-order valence-corrected chi connectivity index (χ1v) is 16.3. The summed E-state index contributed by atoms with van der Waals surface area (Å²) in [5, 5.41) is 4.36. The van der Waals surface area contributed by atoms with Gasteiger partial charge in [-0.15, -0.1) is 11.8 Å². The Hall–Kier alpha value is -1.19. The number of carbonyl (C=O) groups excluding carboxylic acids is 1. The molecule has 25 heavy (non-hydrogen) atoms. The second-order valence-electron chi connectivity index (χ2n) is 7.55. The third-order valence-corrected chi connectivity index (χ3v) is 15.4. The van der Waals surface area contributed by atoms with Gasteiger partial charge in [0.25, 0.3) is 0 Å². The third kappa shape index (κ3) is 4.51. The predicted octanol–water partition coefficient (Wildman–Crippen LogP) is 4.92. The zero-order chi connectivity index (χ0) is 18.7. The fourth-order valence-corrected chi connectivity index (χ4v) is 18.5. The molecule has 0 bridgehead atoms. The lowest BCUT2D eigenvalue weighted by molar-refractivity contribution is -0.139. The van der Waals surface area contributed by atoms with Crippen LogP contribution in [0.4, 0.5) is 5.69 Å². The second kappa shape index (κ2) is 8.01. The molecule has 0 unspecified atom stereocenters. The molecule has 1 saturated heterocycles. The molecule has 0 spiro atoms. The van der Waals surface area contributed by atoms with Crippen LogP contribution in [-0.2, 0) is 9.53 Å². The van der Waals surface area contributed by atoms with Crippen LogP contribution >= 0.6 is 11.8 Å². The summed E-state index contributed by atoms with van der Waals surface area (Å²) in [7, 11) is -3.35. The number of thioether (sulfide) groups is 1. The molecule has 1 aromatic rings. The number of esters is 1. The summed E-state index contributed by atoms with van der Waals surface area (Å²) >= 11 is 1.59. The molecule has 0 radical (unpaired) electrons. The summed E-state index contributed by atoms with van der Waals surface area (Å²) in [5.74, 6) is -0.196. The summed E-state index contributed by atoms with van der Waals surface area (Å²) in [4.78, 5) is 13.0. The zero-order valence-electron chi connectivity index (χ0n) is 16.2. The van der Waals surface area contributed by atoms with E-state index in [-0.39, 0.29) is 5.97 Å². The lowest BCUT2D eigenvalue weighted by Gasteiger charge is -2.42. The maximum Gasteiger partial charge on any atom is 0.355 e. The summed E-state index contributed by atoms with van der Waals surface area (Å²) in [5.41, 5.74) is 1.75. The fourth-order valence-electron chi connectivity index (χ4n) is 3.60. The standard InChI is InChI=1S/C18H30N2O2SSi2/c1-7-22-18(21)16(20-24(3,4)13-14-25(20,5)6)17(23-2)19-15-11-9-8-10-12-15/h8-12,19H,7,13-14H2,1-6H3/b17-16-. The van der Waals surface area contributed by atoms with Gasteiger partial charge in [-0.25, -0.2) is 4.79 Å². The average Bonchev–Trinajstić information content (AvgIpc) is 2.78. The van der Waals surface area contributed by atoms with Crippen LogP contribution in [0.1, 0.15) is 6.92 Å². The van der Waals surface area contributed by atoms with Crippen LogP contribution in [0.3, 0.4) is 0 Å². The highest BCUT2D eigenvalue weighted by Gasteiger charge is 2.50. The van der Waals surface area contributed by atoms with Crippen LogP contribution in [0, 0.1) is 0 Å². The smallest absolute Gasteiger partial charge is 0.355 e. The van der Waals surface area contributed by atoms with Crippen molar-refractivity contribution in [3.8, 4) is 0 Å². The van der Waals surface area contributed by atoms with Gasteiger partial charge in [-0.2, -0.15) is 0 Å². The Balaban J connectivity index is 2.55. The molecule has 1 aliphatic rings. The molecule has 1 aliphatic heterocycles. The van der Waals surface area contributed by atoms with Gasteiger partial charge >= 0.3 is 5.97 Å². The van der Waals surface area contributed by atoms with Crippen molar-refractivity contribution < 1.29 is 9.53 Å². The molecule has 1 fully saturated rings. The van der Waals surface area contributed by atoms with E-state index in [9.17, 15) is 4.79 Å². The Morgan fingerprint density at radius 2 is 1.72 bits per heavy atom. The molecule has 138 valence electrons. The lowest BCUT2D eigenvalue weighted by atomic mass is 10.3. The molecule has 0 aliphatic carbocycles. The molecule has 0 atom stereocenters. The Labute approximate surface area is 158 Å². The molecule has 1 aromatic carbocycles. The van der Waals surface area contributed by atoms with E-state index in [1.807, 2.05) is 43.5 Å². The van der Waals surface area contributed by atoms with Crippen LogP contribution in [0.2, 0.25) is 38.3 Å². The lowest BCUT2D eigenvalue weighted by Crippen LogP contribution is -2.56. The number of hydrogen-bond acceptors (Lipinski definition) is 5. The van der Waals surface area contributed by atoms with Gasteiger partial charge in [0.1, 0.15) is 27.2 Å². The van der Waals surface area contributed by atoms with Crippen molar-refractivity contribution in [1.82, 2.24) is 4.23 Å². The van der Waals surface area contributed by atoms with Crippen molar-refractivity contribution in [3.63, 3.8) is 0 Å². The van der Waals surface area contributed by atoms with Crippen LogP contribution in [0.25, 0.3) is 0 Å². The van der Waals surface area contributed by atoms with E-state index < -0.39 is 16.5 Å². The predicted molar refractivity (Wildman–Crippen MR) is 114 cm³/mol. The highest BCUT2D eigenvalue weighted by Crippen LogP contribution is 2.42. The number of para-hydroxylation sites is 1. The van der Waals surface area contributed by atoms with Crippen LogP contribution in [-0.4, -0.2) is 39.5 Å². The average molecular weight is 395 g/mol. The SMILES string of the molecule is CCOC(=O)/C(=C(\Nc1ccccc1)SC)N1[Si](C)(C)CC[Si]1(C)C. The van der Waals surface area contributed by atoms with E-state index >= 15 is 0 Å². The fraction of sp³-hybridized carbons (Fsp3) is 0.500. The van der Waals surface area contributed by atoms with Gasteiger partial charge in [-0.05, 0) is 37.4 Å². The number of ether oxygens (including phenoxy) is 1. The van der Waals surface area contributed by atoms with Crippen molar-refractivity contribution >= 4 is 39.9 Å². The van der Waals surface area contributed by atoms with Crippen molar-refractivity contribution in [3.05, 3.63) is 41.1 Å². The van der Waals surface area contributed by atoms with Crippen molar-refractivity contribution in [2.75, 3.05) is 18.2 Å². The monoisotopic (exact) mass is 394 g/mol. The number of rotatable bonds is 6. The van der Waals surface area contributed by atoms with Crippen molar-refractivity contribution in [2.45, 2.75) is 45.2 Å². The molecular weight excluding hydrogens is 364 g/mol. The van der Waals surface area contributed by atoms with Gasteiger partial charge in [0.15, 0.2) is 0 Å². The largest absolute Gasteiger partial charge is 0.461 e. The Morgan fingerprint density at radius 1 is 1.16 bits per heavy atom. The second-order valence-corrected chi connectivity index (χ2v) is 18.0. The van der Waals surface area contributed by atoms with E-state index in [4.69, 9.17) is 4.74 Å². The Morgan fingerprint density at radius 3 is 2.20 bits per heavy atom. The molecule has 0 saturated carbocycles. The van der Waals surface area contributed by atoms with E-state index in [1.54, 1.807) is 11.8 Å². The Kier molecular flexibility index (Phi) is 6.45. The number of anilines is 1. The first kappa shape index (κ1) is 20.1. The number of hydrogen-bond donors (Lipinski definition) is 1. The van der Waals surface area contributed by atoms with Gasteiger partial charge in [0.05, 0.1) is 6.61 Å². The topological polar surface area (TPSA) is 41.6 Å². The summed E-state index contributed by atoms with van der Waals surface area (Å²) in [6.45, 7) is 11.7. The normalized spacial score (nSPS) is 19.4. The van der Waals surface area contributed by atoms with Gasteiger partial charge in [0, 0.05) is 5.69 Å². The van der Waals surface area contributed by atoms with Gasteiger partial charge in [0.2, 0.25) is 0 Å². The molecular formula is C18H30N2O2SSi2. The summed E-state index contributed by atoms with van der Waals surface area (Å²) in [6.07, 6.45) is 2.02. The zero-order valence-corrected chi connectivity index (χ0v) is 19.0. The number of nitrogens with zero attached hydrogens (tertiary/aromatic N) is 1. The van der Waals surface area contributed by atoms with Crippen LogP contribution < -0.4 is 5.32 Å². The highest BCUT2D eigenvalue weighted by atomic mass is 32.2. The first-order chi connectivity index (χ1) is 11.7. The summed E-state index contributed by atoms with van der Waals surface area (Å²) in [6, 6.07) is 12.5. The summed E-state index contributed by atoms with van der Waals surface area (Å²) < 4.78 is 8.00. The van der Waals surface area contributed by atoms with Crippen LogP contribution in [0.15, 0.2) is 41.1 Å². The van der Waals surface area contributed by atoms with E-state index in [2.05, 4.69) is 35.7 Å². The minimum absolute atomic E-state index is 0.196. The van der Waals surface area contributed by atoms with E-state index in [0.717, 1.165) is 16.4 Å². The van der Waals surface area contributed by atoms with E-state index in [1.165, 1.54) is 12.1 Å². The van der Waals surface area contributed by atoms with Gasteiger partial charge in [-0.3, -0.25) is 0 Å². The molecule has 7 heteroatoms. The maximum atomic E-state index is 13.0. The number of benzene rings is 1. The van der Waals surface area contributed by atoms with E-state index in [0.29, 0.717) is 6.61 Å². The minimum Gasteiger partial charge on any atom is -0.461 e. The molecule has 1 heterocycles. The van der Waals surface area contributed by atoms with Crippen molar-refractivity contribution in [2.24, 2.45) is 0 Å². The number of carbonyl (C=O) groups is 1. The van der Waals surface area contributed by atoms with Gasteiger partial charge < -0.3 is 14.3 Å².